The van der Waals surface area contributed by atoms with Crippen molar-refractivity contribution in [2.45, 2.75) is 41.4 Å². The molecule has 0 aliphatic carbocycles. The standard InChI is InChI=1S/C33H24Cl2F6N4O7S2/c34-20-12-19(13-21(35)14-20)23-10-9-22(15-24(23)32(36,37)38)54(50,51)45(52-31(47)33(39,40)41)27(30-42-25-3-1-2-4-26(25)43-30)11-17-5-7-18(8-6-17)28-16-29(46)44-53(28,48)49/h1-10,12-15,27-28,48-49H,11,16H2,(H,42,43)(H,44,46)/t27-,28?/m0/s1. The molecule has 1 saturated heterocycles. The number of hydrogen-bond acceptors (Lipinski definition) is 8. The maximum absolute atomic E-state index is 14.5. The molecular weight excluding hydrogens is 813 g/mol. The van der Waals surface area contributed by atoms with Gasteiger partial charge in [-0.3, -0.25) is 18.6 Å². The smallest absolute Gasteiger partial charge is 0.344 e. The van der Waals surface area contributed by atoms with Crippen LogP contribution in [0.4, 0.5) is 26.3 Å². The van der Waals surface area contributed by atoms with Crippen LogP contribution < -0.4 is 4.72 Å². The molecule has 0 spiro atoms. The number of imidazole rings is 1. The average molecular weight is 838 g/mol. The number of sulfonamides is 1. The van der Waals surface area contributed by atoms with Crippen LogP contribution in [0.3, 0.4) is 0 Å². The SMILES string of the molecule is O=C1CC(c2ccc(C[C@@H](c3nc4ccccc4[nH]3)N(OC(=O)C(F)(F)F)S(=O)(=O)c3ccc(-c4cc(Cl)cc(Cl)c4)c(C(F)(F)F)c3)cc2)S(O)(O)N1. The zero-order valence-electron chi connectivity index (χ0n) is 26.8. The zero-order chi connectivity index (χ0) is 39.4. The molecule has 286 valence electrons. The first-order chi connectivity index (χ1) is 25.1. The molecule has 54 heavy (non-hydrogen) atoms. The van der Waals surface area contributed by atoms with E-state index in [4.69, 9.17) is 23.2 Å². The molecular formula is C33H24Cl2F6N4O7S2. The number of alkyl halides is 6. The molecule has 1 fully saturated rings. The summed E-state index contributed by atoms with van der Waals surface area (Å²) in [5.74, 6) is -3.99. The van der Waals surface area contributed by atoms with Crippen LogP contribution in [0.25, 0.3) is 22.2 Å². The Hall–Kier alpha value is -4.37. The van der Waals surface area contributed by atoms with Crippen LogP contribution in [0.2, 0.25) is 10.0 Å². The summed E-state index contributed by atoms with van der Waals surface area (Å²) in [6.07, 6.45) is -11.9. The van der Waals surface area contributed by atoms with Crippen LogP contribution in [0.5, 0.6) is 0 Å². The normalized spacial score (nSPS) is 17.4. The van der Waals surface area contributed by atoms with E-state index >= 15 is 0 Å². The number of hydrogen-bond donors (Lipinski definition) is 4. The number of benzene rings is 4. The lowest BCUT2D eigenvalue weighted by Gasteiger charge is -2.33. The topological polar surface area (TPSA) is 162 Å². The van der Waals surface area contributed by atoms with Crippen molar-refractivity contribution in [1.82, 2.24) is 19.2 Å². The lowest BCUT2D eigenvalue weighted by Crippen LogP contribution is -2.42. The first kappa shape index (κ1) is 39.3. The molecule has 6 rings (SSSR count). The summed E-state index contributed by atoms with van der Waals surface area (Å²) in [6.45, 7) is 0. The molecule has 21 heteroatoms. The molecule has 1 amide bonds. The third-order valence-electron chi connectivity index (χ3n) is 8.20. The van der Waals surface area contributed by atoms with E-state index in [0.717, 1.165) is 18.2 Å². The van der Waals surface area contributed by atoms with Crippen LogP contribution in [0.1, 0.15) is 40.2 Å². The van der Waals surface area contributed by atoms with Crippen molar-refractivity contribution in [2.24, 2.45) is 0 Å². The highest BCUT2D eigenvalue weighted by molar-refractivity contribution is 8.23. The van der Waals surface area contributed by atoms with Crippen molar-refractivity contribution in [2.75, 3.05) is 0 Å². The maximum Gasteiger partial charge on any atom is 0.492 e. The van der Waals surface area contributed by atoms with Gasteiger partial charge in [0.15, 0.2) is 0 Å². The van der Waals surface area contributed by atoms with Crippen LogP contribution in [0.15, 0.2) is 89.8 Å². The molecule has 0 bridgehead atoms. The third-order valence-corrected chi connectivity index (χ3v) is 12.0. The van der Waals surface area contributed by atoms with Crippen LogP contribution >= 0.6 is 34.0 Å². The Labute approximate surface area is 313 Å². The number of hydroxylamine groups is 1. The summed E-state index contributed by atoms with van der Waals surface area (Å²) in [5, 5.41) is -1.14. The van der Waals surface area contributed by atoms with Gasteiger partial charge in [0, 0.05) is 10.0 Å². The van der Waals surface area contributed by atoms with E-state index in [9.17, 15) is 53.5 Å². The van der Waals surface area contributed by atoms with Gasteiger partial charge in [-0.2, -0.15) is 26.3 Å². The van der Waals surface area contributed by atoms with Gasteiger partial charge in [0.1, 0.15) is 17.1 Å². The Morgan fingerprint density at radius 3 is 2.19 bits per heavy atom. The minimum Gasteiger partial charge on any atom is -0.344 e. The van der Waals surface area contributed by atoms with Gasteiger partial charge >= 0.3 is 18.3 Å². The quantitative estimate of drug-likeness (QED) is 0.0847. The van der Waals surface area contributed by atoms with E-state index in [1.165, 1.54) is 42.5 Å². The lowest BCUT2D eigenvalue weighted by molar-refractivity contribution is -0.227. The predicted molar refractivity (Wildman–Crippen MR) is 185 cm³/mol. The van der Waals surface area contributed by atoms with Crippen molar-refractivity contribution in [1.29, 1.82) is 0 Å². The second kappa shape index (κ2) is 14.4. The van der Waals surface area contributed by atoms with Crippen molar-refractivity contribution in [3.8, 4) is 11.1 Å². The number of carbonyl (C=O) groups excluding carboxylic acids is 2. The van der Waals surface area contributed by atoms with Crippen LogP contribution in [0, 0.1) is 0 Å². The van der Waals surface area contributed by atoms with E-state index < -0.39 is 78.8 Å². The number of rotatable bonds is 9. The minimum atomic E-state index is -5.77. The highest BCUT2D eigenvalue weighted by Crippen LogP contribution is 2.56. The molecule has 4 N–H and O–H groups in total. The molecule has 0 saturated carbocycles. The molecule has 1 unspecified atom stereocenters. The molecule has 1 aliphatic rings. The van der Waals surface area contributed by atoms with Gasteiger partial charge in [0.2, 0.25) is 5.91 Å². The van der Waals surface area contributed by atoms with Crippen molar-refractivity contribution in [3.05, 3.63) is 117 Å². The zero-order valence-corrected chi connectivity index (χ0v) is 30.0. The fraction of sp³-hybridized carbons (Fsp3) is 0.182. The summed E-state index contributed by atoms with van der Waals surface area (Å²) in [5.41, 5.74) is -1.36. The minimum absolute atomic E-state index is 0.0454. The summed E-state index contributed by atoms with van der Waals surface area (Å²) < 4.78 is 136. The van der Waals surface area contributed by atoms with Crippen molar-refractivity contribution < 1.29 is 58.3 Å². The van der Waals surface area contributed by atoms with Gasteiger partial charge in [-0.15, -0.1) is 10.8 Å². The lowest BCUT2D eigenvalue weighted by atomic mass is 9.99. The molecule has 4 aromatic carbocycles. The number of nitrogens with zero attached hydrogens (tertiary/aromatic N) is 2. The van der Waals surface area contributed by atoms with Gasteiger partial charge in [0.05, 0.1) is 27.9 Å². The number of fused-ring (bicyclic) bond motifs is 1. The number of aromatic amines is 1. The Kier molecular flexibility index (Phi) is 10.5. The molecule has 1 aromatic heterocycles. The molecule has 5 aromatic rings. The Bertz CT molecular complexity index is 2320. The van der Waals surface area contributed by atoms with Gasteiger partial charge in [-0.05, 0) is 75.6 Å². The number of halogens is 8. The number of H-pyrrole nitrogens is 1. The average Bonchev–Trinajstić information content (AvgIpc) is 3.63. The largest absolute Gasteiger partial charge is 0.492 e. The van der Waals surface area contributed by atoms with E-state index in [2.05, 4.69) is 19.5 Å². The highest BCUT2D eigenvalue weighted by atomic mass is 35.5. The van der Waals surface area contributed by atoms with E-state index in [1.54, 1.807) is 12.1 Å². The highest BCUT2D eigenvalue weighted by Gasteiger charge is 2.48. The van der Waals surface area contributed by atoms with Gasteiger partial charge in [-0.1, -0.05) is 65.7 Å². The molecule has 2 heterocycles. The van der Waals surface area contributed by atoms with E-state index in [0.29, 0.717) is 6.07 Å². The van der Waals surface area contributed by atoms with Gasteiger partial charge in [0.25, 0.3) is 10.0 Å². The monoisotopic (exact) mass is 836 g/mol. The number of nitrogens with one attached hydrogen (secondary N) is 2. The second-order valence-corrected chi connectivity index (χ2v) is 16.5. The van der Waals surface area contributed by atoms with Gasteiger partial charge in [-0.25, -0.2) is 18.2 Å². The summed E-state index contributed by atoms with van der Waals surface area (Å²) >= 11 is 12.0. The number of para-hydroxylation sites is 2. The van der Waals surface area contributed by atoms with Crippen molar-refractivity contribution >= 4 is 66.9 Å². The molecule has 2 atom stereocenters. The molecule has 1 aliphatic heterocycles. The summed E-state index contributed by atoms with van der Waals surface area (Å²) in [4.78, 5) is 34.6. The fourth-order valence-electron chi connectivity index (χ4n) is 5.76. The molecule has 0 radical (unpaired) electrons. The second-order valence-electron chi connectivity index (χ2n) is 11.9. The summed E-state index contributed by atoms with van der Waals surface area (Å²) in [6, 6.07) is 14.7. The van der Waals surface area contributed by atoms with Crippen molar-refractivity contribution in [3.63, 3.8) is 0 Å². The fourth-order valence-corrected chi connectivity index (χ4v) is 9.16. The third kappa shape index (κ3) is 8.16. The first-order valence-corrected chi connectivity index (χ1v) is 19.1. The number of amides is 1. The number of aromatic nitrogens is 2. The first-order valence-electron chi connectivity index (χ1n) is 15.3. The predicted octanol–water partition coefficient (Wildman–Crippen LogP) is 8.78. The Morgan fingerprint density at radius 2 is 1.61 bits per heavy atom. The maximum atomic E-state index is 14.5. The van der Waals surface area contributed by atoms with E-state index in [-0.39, 0.29) is 60.5 Å². The van der Waals surface area contributed by atoms with Crippen LogP contribution in [-0.2, 0) is 37.0 Å². The Morgan fingerprint density at radius 1 is 0.963 bits per heavy atom. The summed E-state index contributed by atoms with van der Waals surface area (Å²) in [7, 11) is -9.21. The molecule has 11 nitrogen and oxygen atoms in total. The van der Waals surface area contributed by atoms with Crippen LogP contribution in [-0.4, -0.2) is 50.0 Å². The Balaban J connectivity index is 1.49. The van der Waals surface area contributed by atoms with Gasteiger partial charge < -0.3 is 9.82 Å². The van der Waals surface area contributed by atoms with E-state index in [1.807, 2.05) is 0 Å². The number of carbonyl (C=O) groups is 2.